The molecule has 2 aromatic rings. The summed E-state index contributed by atoms with van der Waals surface area (Å²) in [5.41, 5.74) is 7.01. The van der Waals surface area contributed by atoms with E-state index >= 15 is 0 Å². The molecule has 2 rings (SSSR count). The molecule has 4 atom stereocenters. The molecule has 36 heavy (non-hydrogen) atoms. The van der Waals surface area contributed by atoms with Crippen LogP contribution in [0.1, 0.15) is 39.2 Å². The molecule has 0 aliphatic heterocycles. The highest BCUT2D eigenvalue weighted by atomic mass is 16.4. The van der Waals surface area contributed by atoms with Crippen LogP contribution in [0.2, 0.25) is 0 Å². The number of aromatic amines is 1. The zero-order chi connectivity index (χ0) is 27.0. The topological polar surface area (TPSA) is 204 Å². The summed E-state index contributed by atoms with van der Waals surface area (Å²) in [6, 6.07) is 2.45. The summed E-state index contributed by atoms with van der Waals surface area (Å²) in [6.45, 7) is 4.99. The molecule has 8 N–H and O–H groups in total. The molecule has 12 nitrogen and oxygen atoms in total. The number of carboxylic acids is 2. The van der Waals surface area contributed by atoms with Gasteiger partial charge in [0.25, 0.3) is 0 Å². The smallest absolute Gasteiger partial charge is 0.326 e. The molecule has 0 spiro atoms. The van der Waals surface area contributed by atoms with E-state index in [0.717, 1.165) is 10.9 Å². The van der Waals surface area contributed by atoms with Crippen molar-refractivity contribution in [3.63, 3.8) is 0 Å². The summed E-state index contributed by atoms with van der Waals surface area (Å²) in [6.07, 6.45) is 1.11. The van der Waals surface area contributed by atoms with Gasteiger partial charge in [-0.25, -0.2) is 4.79 Å². The Bertz CT molecular complexity index is 1110. The molecule has 1 heterocycles. The van der Waals surface area contributed by atoms with Crippen LogP contribution in [-0.2, 0) is 30.4 Å². The van der Waals surface area contributed by atoms with Gasteiger partial charge in [0.2, 0.25) is 17.7 Å². The van der Waals surface area contributed by atoms with Crippen LogP contribution >= 0.6 is 0 Å². The predicted molar refractivity (Wildman–Crippen MR) is 131 cm³/mol. The zero-order valence-electron chi connectivity index (χ0n) is 20.4. The number of rotatable bonds is 13. The Balaban J connectivity index is 2.19. The molecule has 0 saturated carbocycles. The molecule has 12 heteroatoms. The summed E-state index contributed by atoms with van der Waals surface area (Å²) in [5, 5.41) is 26.9. The van der Waals surface area contributed by atoms with Crippen LogP contribution in [0.4, 0.5) is 0 Å². The fraction of sp³-hybridized carbons (Fsp3) is 0.458. The second kappa shape index (κ2) is 12.7. The maximum absolute atomic E-state index is 13.1. The number of benzene rings is 1. The third-order valence-corrected chi connectivity index (χ3v) is 5.48. The third kappa shape index (κ3) is 8.08. The summed E-state index contributed by atoms with van der Waals surface area (Å²) >= 11 is 0. The van der Waals surface area contributed by atoms with E-state index in [1.807, 2.05) is 24.3 Å². The number of aliphatic carboxylic acids is 2. The van der Waals surface area contributed by atoms with E-state index in [1.54, 1.807) is 20.0 Å². The number of fused-ring (bicyclic) bond motifs is 1. The Labute approximate surface area is 208 Å². The lowest BCUT2D eigenvalue weighted by Crippen LogP contribution is -2.57. The first-order valence-electron chi connectivity index (χ1n) is 11.5. The van der Waals surface area contributed by atoms with Gasteiger partial charge >= 0.3 is 11.9 Å². The molecule has 4 unspecified atom stereocenters. The quantitative estimate of drug-likeness (QED) is 0.199. The lowest BCUT2D eigenvalue weighted by molar-refractivity contribution is -0.143. The van der Waals surface area contributed by atoms with Crippen molar-refractivity contribution in [2.45, 2.75) is 64.2 Å². The van der Waals surface area contributed by atoms with E-state index in [9.17, 15) is 29.1 Å². The number of hydrogen-bond acceptors (Lipinski definition) is 6. The maximum Gasteiger partial charge on any atom is 0.326 e. The van der Waals surface area contributed by atoms with Crippen molar-refractivity contribution < 1.29 is 34.2 Å². The van der Waals surface area contributed by atoms with Gasteiger partial charge in [-0.3, -0.25) is 19.2 Å². The molecule has 1 aromatic carbocycles. The summed E-state index contributed by atoms with van der Waals surface area (Å²) < 4.78 is 0. The van der Waals surface area contributed by atoms with Gasteiger partial charge in [-0.05, 0) is 30.9 Å². The van der Waals surface area contributed by atoms with Crippen molar-refractivity contribution in [1.29, 1.82) is 0 Å². The van der Waals surface area contributed by atoms with Gasteiger partial charge in [0.15, 0.2) is 0 Å². The molecule has 0 aliphatic carbocycles. The Kier molecular flexibility index (Phi) is 9.97. The van der Waals surface area contributed by atoms with E-state index in [1.165, 1.54) is 6.92 Å². The number of nitrogens with one attached hydrogen (secondary N) is 4. The van der Waals surface area contributed by atoms with Crippen LogP contribution in [0.15, 0.2) is 30.5 Å². The number of carbonyl (C=O) groups excluding carboxylic acids is 3. The normalized spacial score (nSPS) is 14.5. The van der Waals surface area contributed by atoms with E-state index < -0.39 is 60.2 Å². The fourth-order valence-corrected chi connectivity index (χ4v) is 3.66. The summed E-state index contributed by atoms with van der Waals surface area (Å²) in [4.78, 5) is 64.1. The number of aromatic nitrogens is 1. The Morgan fingerprint density at radius 1 is 0.889 bits per heavy atom. The van der Waals surface area contributed by atoms with E-state index in [-0.39, 0.29) is 18.8 Å². The average molecular weight is 504 g/mol. The highest BCUT2D eigenvalue weighted by Gasteiger charge is 2.31. The van der Waals surface area contributed by atoms with Gasteiger partial charge in [-0.1, -0.05) is 32.0 Å². The summed E-state index contributed by atoms with van der Waals surface area (Å²) in [7, 11) is 0. The van der Waals surface area contributed by atoms with Gasteiger partial charge in [-0.2, -0.15) is 0 Å². The minimum Gasteiger partial charge on any atom is -0.481 e. The number of H-pyrrole nitrogens is 1. The summed E-state index contributed by atoms with van der Waals surface area (Å²) in [5.74, 6) is -5.03. The Hall–Kier alpha value is -3.93. The SMILES string of the molecule is CC(C)CC(NC(=O)C(CC(=O)O)NC(=O)C(C)N)C(=O)NC(Cc1c[nH]c2ccccc12)C(=O)O. The van der Waals surface area contributed by atoms with Crippen molar-refractivity contribution >= 4 is 40.6 Å². The molecule has 196 valence electrons. The minimum absolute atomic E-state index is 0.000479. The Morgan fingerprint density at radius 3 is 2.06 bits per heavy atom. The van der Waals surface area contributed by atoms with Crippen LogP contribution in [0.5, 0.6) is 0 Å². The Morgan fingerprint density at radius 2 is 1.47 bits per heavy atom. The van der Waals surface area contributed by atoms with Crippen molar-refractivity contribution in [2.75, 3.05) is 0 Å². The average Bonchev–Trinajstić information content (AvgIpc) is 3.19. The number of carbonyl (C=O) groups is 5. The van der Waals surface area contributed by atoms with Crippen LogP contribution < -0.4 is 21.7 Å². The van der Waals surface area contributed by atoms with Crippen LogP contribution in [0, 0.1) is 5.92 Å². The molecule has 0 radical (unpaired) electrons. The number of hydrogen-bond donors (Lipinski definition) is 7. The second-order valence-corrected chi connectivity index (χ2v) is 9.10. The zero-order valence-corrected chi connectivity index (χ0v) is 20.4. The number of nitrogens with two attached hydrogens (primary N) is 1. The van der Waals surface area contributed by atoms with Crippen LogP contribution in [0.3, 0.4) is 0 Å². The first kappa shape index (κ1) is 28.3. The fourth-order valence-electron chi connectivity index (χ4n) is 3.66. The molecular weight excluding hydrogens is 470 g/mol. The lowest BCUT2D eigenvalue weighted by atomic mass is 10.0. The van der Waals surface area contributed by atoms with Crippen molar-refractivity contribution in [1.82, 2.24) is 20.9 Å². The molecular formula is C24H33N5O7. The molecule has 0 saturated heterocycles. The van der Waals surface area contributed by atoms with Gasteiger partial charge in [0.05, 0.1) is 12.5 Å². The van der Waals surface area contributed by atoms with Crippen LogP contribution in [-0.4, -0.2) is 69.0 Å². The standard InChI is InChI=1S/C24H33N5O7/c1-12(2)8-17(28-23(34)18(10-20(30)31)27-21(32)13(3)25)22(33)29-19(24(35)36)9-14-11-26-16-7-5-4-6-15(14)16/h4-7,11-13,17-19,26H,8-10,25H2,1-3H3,(H,27,32)(H,28,34)(H,29,33)(H,30,31)(H,35,36). The van der Waals surface area contributed by atoms with E-state index in [4.69, 9.17) is 10.8 Å². The van der Waals surface area contributed by atoms with E-state index in [2.05, 4.69) is 20.9 Å². The van der Waals surface area contributed by atoms with Crippen molar-refractivity contribution in [2.24, 2.45) is 11.7 Å². The predicted octanol–water partition coefficient (Wildman–Crippen LogP) is 0.117. The van der Waals surface area contributed by atoms with Gasteiger partial charge in [-0.15, -0.1) is 0 Å². The molecule has 0 fully saturated rings. The van der Waals surface area contributed by atoms with Gasteiger partial charge in [0, 0.05) is 23.5 Å². The third-order valence-electron chi connectivity index (χ3n) is 5.48. The van der Waals surface area contributed by atoms with E-state index in [0.29, 0.717) is 5.56 Å². The van der Waals surface area contributed by atoms with Crippen LogP contribution in [0.25, 0.3) is 10.9 Å². The highest BCUT2D eigenvalue weighted by molar-refractivity contribution is 5.95. The van der Waals surface area contributed by atoms with Gasteiger partial charge < -0.3 is 36.9 Å². The lowest BCUT2D eigenvalue weighted by Gasteiger charge is -2.25. The monoisotopic (exact) mass is 503 g/mol. The highest BCUT2D eigenvalue weighted by Crippen LogP contribution is 2.19. The maximum atomic E-state index is 13.1. The minimum atomic E-state index is -1.47. The van der Waals surface area contributed by atoms with Crippen molar-refractivity contribution in [3.8, 4) is 0 Å². The molecule has 1 aromatic heterocycles. The second-order valence-electron chi connectivity index (χ2n) is 9.10. The number of carboxylic acid groups (broad SMARTS) is 2. The molecule has 0 bridgehead atoms. The number of amides is 3. The molecule has 0 aliphatic rings. The first-order chi connectivity index (χ1) is 16.9. The largest absolute Gasteiger partial charge is 0.481 e. The first-order valence-corrected chi connectivity index (χ1v) is 11.5. The van der Waals surface area contributed by atoms with Crippen molar-refractivity contribution in [3.05, 3.63) is 36.0 Å². The molecule has 3 amide bonds. The van der Waals surface area contributed by atoms with Gasteiger partial charge in [0.1, 0.15) is 18.1 Å². The number of para-hydroxylation sites is 1.